The van der Waals surface area contributed by atoms with Crippen LogP contribution in [0.2, 0.25) is 0 Å². The zero-order valence-electron chi connectivity index (χ0n) is 15.4. The lowest BCUT2D eigenvalue weighted by Crippen LogP contribution is -2.37. The zero-order chi connectivity index (χ0) is 18.5. The van der Waals surface area contributed by atoms with E-state index in [4.69, 9.17) is 0 Å². The van der Waals surface area contributed by atoms with E-state index in [0.717, 1.165) is 42.5 Å². The zero-order valence-corrected chi connectivity index (χ0v) is 15.4. The summed E-state index contributed by atoms with van der Waals surface area (Å²) in [6.45, 7) is 1.29. The van der Waals surface area contributed by atoms with E-state index in [-0.39, 0.29) is 11.3 Å². The molecule has 2 aromatic heterocycles. The van der Waals surface area contributed by atoms with E-state index in [1.807, 2.05) is 24.3 Å². The van der Waals surface area contributed by atoms with Crippen molar-refractivity contribution in [2.24, 2.45) is 5.41 Å². The predicted molar refractivity (Wildman–Crippen MR) is 101 cm³/mol. The molecule has 0 spiro atoms. The number of hydrogen-bond acceptors (Lipinski definition) is 5. The van der Waals surface area contributed by atoms with Crippen molar-refractivity contribution in [1.82, 2.24) is 35.5 Å². The number of H-pyrrole nitrogens is 1. The Morgan fingerprint density at radius 3 is 2.85 bits per heavy atom. The summed E-state index contributed by atoms with van der Waals surface area (Å²) < 4.78 is 1.76. The molecule has 1 aliphatic carbocycles. The van der Waals surface area contributed by atoms with Crippen molar-refractivity contribution >= 4 is 16.9 Å². The number of carbonyl (C=O) groups excluding carboxylic acids is 1. The molecule has 0 bridgehead atoms. The number of tetrazole rings is 1. The van der Waals surface area contributed by atoms with Crippen LogP contribution in [0.15, 0.2) is 30.6 Å². The van der Waals surface area contributed by atoms with Gasteiger partial charge in [-0.05, 0) is 40.8 Å². The summed E-state index contributed by atoms with van der Waals surface area (Å²) in [5, 5.41) is 14.5. The number of nitrogens with one attached hydrogen (secondary N) is 2. The summed E-state index contributed by atoms with van der Waals surface area (Å²) in [5.74, 6) is 0.999. The third-order valence-corrected chi connectivity index (χ3v) is 5.46. The lowest BCUT2D eigenvalue weighted by atomic mass is 9.71. The SMILES string of the molecule is O=C(CC1(Cn2cnnn2)CCCCC1)NCCc1nc2ccccc2[nH]1. The average molecular weight is 367 g/mol. The van der Waals surface area contributed by atoms with Crippen molar-refractivity contribution in [2.75, 3.05) is 6.54 Å². The Labute approximate surface area is 157 Å². The number of amides is 1. The quantitative estimate of drug-likeness (QED) is 0.667. The number of rotatable bonds is 7. The normalized spacial score (nSPS) is 16.4. The summed E-state index contributed by atoms with van der Waals surface area (Å²) in [7, 11) is 0. The number of aromatic amines is 1. The first-order valence-corrected chi connectivity index (χ1v) is 9.64. The highest BCUT2D eigenvalue weighted by atomic mass is 16.1. The number of fused-ring (bicyclic) bond motifs is 1. The highest BCUT2D eigenvalue weighted by Gasteiger charge is 2.35. The highest BCUT2D eigenvalue weighted by Crippen LogP contribution is 2.40. The van der Waals surface area contributed by atoms with E-state index in [1.54, 1.807) is 11.0 Å². The van der Waals surface area contributed by atoms with Crippen LogP contribution >= 0.6 is 0 Å². The predicted octanol–water partition coefficient (Wildman–Crippen LogP) is 2.25. The average Bonchev–Trinajstić information content (AvgIpc) is 3.31. The molecule has 3 aromatic rings. The van der Waals surface area contributed by atoms with Crippen LogP contribution in [0.4, 0.5) is 0 Å². The fraction of sp³-hybridized carbons (Fsp3) is 0.526. The van der Waals surface area contributed by atoms with Gasteiger partial charge in [0.15, 0.2) is 0 Å². The second-order valence-corrected chi connectivity index (χ2v) is 7.55. The van der Waals surface area contributed by atoms with Gasteiger partial charge in [0.2, 0.25) is 5.91 Å². The Balaban J connectivity index is 1.32. The maximum Gasteiger partial charge on any atom is 0.220 e. The molecule has 1 amide bonds. The van der Waals surface area contributed by atoms with Crippen LogP contribution in [0.25, 0.3) is 11.0 Å². The van der Waals surface area contributed by atoms with Gasteiger partial charge in [-0.3, -0.25) is 4.79 Å². The molecule has 27 heavy (non-hydrogen) atoms. The lowest BCUT2D eigenvalue weighted by molar-refractivity contribution is -0.124. The van der Waals surface area contributed by atoms with Crippen LogP contribution in [0.5, 0.6) is 0 Å². The van der Waals surface area contributed by atoms with Crippen molar-refractivity contribution in [2.45, 2.75) is 51.5 Å². The largest absolute Gasteiger partial charge is 0.356 e. The topological polar surface area (TPSA) is 101 Å². The van der Waals surface area contributed by atoms with Gasteiger partial charge >= 0.3 is 0 Å². The Bertz CT molecular complexity index is 848. The number of hydrogen-bond donors (Lipinski definition) is 2. The molecule has 0 radical (unpaired) electrons. The molecule has 0 atom stereocenters. The van der Waals surface area contributed by atoms with E-state index in [9.17, 15) is 4.79 Å². The molecule has 0 aliphatic heterocycles. The molecule has 0 saturated heterocycles. The Hall–Kier alpha value is -2.77. The fourth-order valence-electron chi connectivity index (χ4n) is 4.14. The number of aromatic nitrogens is 6. The summed E-state index contributed by atoms with van der Waals surface area (Å²) >= 11 is 0. The smallest absolute Gasteiger partial charge is 0.220 e. The number of carbonyl (C=O) groups is 1. The van der Waals surface area contributed by atoms with Gasteiger partial charge < -0.3 is 10.3 Å². The van der Waals surface area contributed by atoms with Crippen molar-refractivity contribution in [1.29, 1.82) is 0 Å². The molecule has 8 heteroatoms. The Morgan fingerprint density at radius 1 is 1.22 bits per heavy atom. The van der Waals surface area contributed by atoms with Gasteiger partial charge in [-0.1, -0.05) is 31.4 Å². The Morgan fingerprint density at radius 2 is 2.07 bits per heavy atom. The van der Waals surface area contributed by atoms with E-state index in [1.165, 1.54) is 6.42 Å². The summed E-state index contributed by atoms with van der Waals surface area (Å²) in [5.41, 5.74) is 1.94. The van der Waals surface area contributed by atoms with Crippen LogP contribution in [-0.4, -0.2) is 42.6 Å². The van der Waals surface area contributed by atoms with Gasteiger partial charge in [0.05, 0.1) is 17.6 Å². The van der Waals surface area contributed by atoms with Crippen LogP contribution < -0.4 is 5.32 Å². The van der Waals surface area contributed by atoms with E-state index >= 15 is 0 Å². The maximum atomic E-state index is 12.6. The van der Waals surface area contributed by atoms with Crippen LogP contribution in [0.1, 0.15) is 44.3 Å². The molecule has 1 aromatic carbocycles. The second-order valence-electron chi connectivity index (χ2n) is 7.55. The Kier molecular flexibility index (Phi) is 5.13. The summed E-state index contributed by atoms with van der Waals surface area (Å²) in [6.07, 6.45) is 8.50. The molecule has 8 nitrogen and oxygen atoms in total. The van der Waals surface area contributed by atoms with Crippen LogP contribution in [0.3, 0.4) is 0 Å². The fourth-order valence-corrected chi connectivity index (χ4v) is 4.14. The van der Waals surface area contributed by atoms with Crippen LogP contribution in [0, 0.1) is 5.41 Å². The van der Waals surface area contributed by atoms with Crippen molar-refractivity contribution < 1.29 is 4.79 Å². The molecule has 0 unspecified atom stereocenters. The lowest BCUT2D eigenvalue weighted by Gasteiger charge is -2.36. The van der Waals surface area contributed by atoms with E-state index in [0.29, 0.717) is 25.9 Å². The minimum Gasteiger partial charge on any atom is -0.356 e. The first kappa shape index (κ1) is 17.6. The first-order chi connectivity index (χ1) is 13.2. The summed E-state index contributed by atoms with van der Waals surface area (Å²) in [6, 6.07) is 7.96. The third-order valence-electron chi connectivity index (χ3n) is 5.46. The van der Waals surface area contributed by atoms with Gasteiger partial charge in [-0.25, -0.2) is 9.67 Å². The van der Waals surface area contributed by atoms with Gasteiger partial charge in [0.25, 0.3) is 0 Å². The number of nitrogens with zero attached hydrogens (tertiary/aromatic N) is 5. The third kappa shape index (κ3) is 4.32. The highest BCUT2D eigenvalue weighted by molar-refractivity contribution is 5.77. The molecular formula is C19H25N7O. The van der Waals surface area contributed by atoms with Gasteiger partial charge in [-0.15, -0.1) is 5.10 Å². The summed E-state index contributed by atoms with van der Waals surface area (Å²) in [4.78, 5) is 20.5. The molecule has 1 aliphatic rings. The molecular weight excluding hydrogens is 342 g/mol. The number of benzene rings is 1. The van der Waals surface area contributed by atoms with E-state index < -0.39 is 0 Å². The molecule has 2 N–H and O–H groups in total. The number of para-hydroxylation sites is 2. The molecule has 4 rings (SSSR count). The van der Waals surface area contributed by atoms with E-state index in [2.05, 4.69) is 30.8 Å². The van der Waals surface area contributed by atoms with Crippen molar-refractivity contribution in [3.05, 3.63) is 36.4 Å². The van der Waals surface area contributed by atoms with Crippen molar-refractivity contribution in [3.8, 4) is 0 Å². The molecule has 1 fully saturated rings. The first-order valence-electron chi connectivity index (χ1n) is 9.64. The van der Waals surface area contributed by atoms with Gasteiger partial charge in [0, 0.05) is 19.4 Å². The van der Waals surface area contributed by atoms with Crippen LogP contribution in [-0.2, 0) is 17.8 Å². The van der Waals surface area contributed by atoms with Crippen molar-refractivity contribution in [3.63, 3.8) is 0 Å². The number of imidazole rings is 1. The van der Waals surface area contributed by atoms with Gasteiger partial charge in [-0.2, -0.15) is 0 Å². The second kappa shape index (κ2) is 7.85. The maximum absolute atomic E-state index is 12.6. The monoisotopic (exact) mass is 367 g/mol. The molecule has 2 heterocycles. The molecule has 1 saturated carbocycles. The minimum atomic E-state index is -0.0446. The molecule has 142 valence electrons. The minimum absolute atomic E-state index is 0.0446. The standard InChI is InChI=1S/C19H25N7O/c27-18(20-11-8-17-22-15-6-2-3-7-16(15)23-17)12-19(9-4-1-5-10-19)13-26-14-21-24-25-26/h2-3,6-7,14H,1,4-5,8-13H2,(H,20,27)(H,22,23). The van der Waals surface area contributed by atoms with Gasteiger partial charge in [0.1, 0.15) is 12.2 Å².